The van der Waals surface area contributed by atoms with Gasteiger partial charge in [-0.1, -0.05) is 19.1 Å². The average molecular weight is 376 g/mol. The Hall–Kier alpha value is -2.35. The number of anilines is 2. The summed E-state index contributed by atoms with van der Waals surface area (Å²) in [5.41, 5.74) is 1.92. The highest BCUT2D eigenvalue weighted by atomic mass is 32.1. The Morgan fingerprint density at radius 3 is 2.50 bits per heavy atom. The first-order chi connectivity index (χ1) is 12.6. The molecule has 2 aliphatic heterocycles. The minimum Gasteiger partial charge on any atom is -0.442 e. The van der Waals surface area contributed by atoms with Crippen molar-refractivity contribution in [3.05, 3.63) is 24.3 Å². The molecule has 0 unspecified atom stereocenters. The van der Waals surface area contributed by atoms with E-state index in [0.29, 0.717) is 13.1 Å². The van der Waals surface area contributed by atoms with Crippen molar-refractivity contribution in [2.75, 3.05) is 49.1 Å². The van der Waals surface area contributed by atoms with Crippen molar-refractivity contribution < 1.29 is 14.3 Å². The van der Waals surface area contributed by atoms with Gasteiger partial charge in [-0.15, -0.1) is 0 Å². The first kappa shape index (κ1) is 18.4. The van der Waals surface area contributed by atoms with Crippen molar-refractivity contribution in [1.82, 2.24) is 10.2 Å². The maximum atomic E-state index is 12.1. The fourth-order valence-corrected chi connectivity index (χ4v) is 3.20. The van der Waals surface area contributed by atoms with E-state index < -0.39 is 0 Å². The van der Waals surface area contributed by atoms with E-state index in [1.165, 1.54) is 0 Å². The molecule has 2 amide bonds. The molecule has 2 fully saturated rings. The van der Waals surface area contributed by atoms with Gasteiger partial charge in [-0.3, -0.25) is 9.69 Å². The Morgan fingerprint density at radius 1 is 1.23 bits per heavy atom. The molecule has 0 aliphatic carbocycles. The molecule has 1 atom stereocenters. The average Bonchev–Trinajstić information content (AvgIpc) is 3.07. The summed E-state index contributed by atoms with van der Waals surface area (Å²) in [6.45, 7) is 6.13. The molecule has 1 N–H and O–H groups in total. The maximum Gasteiger partial charge on any atom is 0.414 e. The number of piperazine rings is 1. The van der Waals surface area contributed by atoms with Crippen molar-refractivity contribution in [2.45, 2.75) is 19.4 Å². The molecule has 0 radical (unpaired) electrons. The second kappa shape index (κ2) is 8.35. The van der Waals surface area contributed by atoms with E-state index in [1.54, 1.807) is 9.80 Å². The lowest BCUT2D eigenvalue weighted by atomic mass is 10.2. The Bertz CT molecular complexity index is 659. The number of rotatable bonds is 6. The molecule has 0 spiro atoms. The van der Waals surface area contributed by atoms with Gasteiger partial charge in [0.2, 0.25) is 6.41 Å². The molecule has 1 aromatic carbocycles. The van der Waals surface area contributed by atoms with Crippen LogP contribution in [0.2, 0.25) is 0 Å². The highest BCUT2D eigenvalue weighted by Crippen LogP contribution is 2.25. The van der Waals surface area contributed by atoms with Crippen LogP contribution in [0.25, 0.3) is 0 Å². The molecule has 3 rings (SSSR count). The van der Waals surface area contributed by atoms with Crippen molar-refractivity contribution in [2.24, 2.45) is 0 Å². The summed E-state index contributed by atoms with van der Waals surface area (Å²) in [5, 5.41) is 3.12. The van der Waals surface area contributed by atoms with Crippen LogP contribution in [0.4, 0.5) is 16.2 Å². The predicted octanol–water partition coefficient (Wildman–Crippen LogP) is 1.62. The van der Waals surface area contributed by atoms with Crippen molar-refractivity contribution >= 4 is 41.1 Å². The predicted molar refractivity (Wildman–Crippen MR) is 105 cm³/mol. The van der Waals surface area contributed by atoms with Crippen LogP contribution >= 0.6 is 12.2 Å². The third-order valence-electron chi connectivity index (χ3n) is 4.71. The highest BCUT2D eigenvalue weighted by Gasteiger charge is 2.32. The summed E-state index contributed by atoms with van der Waals surface area (Å²) >= 11 is 5.14. The molecular weight excluding hydrogens is 352 g/mol. The van der Waals surface area contributed by atoms with E-state index in [9.17, 15) is 9.59 Å². The lowest BCUT2D eigenvalue weighted by molar-refractivity contribution is -0.118. The van der Waals surface area contributed by atoms with Crippen molar-refractivity contribution in [3.63, 3.8) is 0 Å². The first-order valence-corrected chi connectivity index (χ1v) is 9.30. The Balaban J connectivity index is 1.57. The van der Waals surface area contributed by atoms with Crippen LogP contribution in [0.5, 0.6) is 0 Å². The lowest BCUT2D eigenvalue weighted by Gasteiger charge is -2.34. The number of carbonyl (C=O) groups excluding carboxylic acids is 2. The normalized spacial score (nSPS) is 20.1. The zero-order valence-corrected chi connectivity index (χ0v) is 15.7. The smallest absolute Gasteiger partial charge is 0.414 e. The van der Waals surface area contributed by atoms with Crippen LogP contribution in [0, 0.1) is 0 Å². The maximum absolute atomic E-state index is 12.1. The monoisotopic (exact) mass is 376 g/mol. The van der Waals surface area contributed by atoms with Crippen LogP contribution in [0.3, 0.4) is 0 Å². The number of hydrogen-bond acceptors (Lipinski definition) is 5. The summed E-state index contributed by atoms with van der Waals surface area (Å²) in [7, 11) is 0. The number of cyclic esters (lactones) is 1. The fourth-order valence-electron chi connectivity index (χ4n) is 3.12. The number of nitrogens with zero attached hydrogens (tertiary/aromatic N) is 3. The van der Waals surface area contributed by atoms with Gasteiger partial charge in [-0.2, -0.15) is 0 Å². The molecular formula is C18H24N4O3S. The molecule has 2 saturated heterocycles. The number of thiocarbonyl (C=S) groups is 1. The van der Waals surface area contributed by atoms with E-state index in [-0.39, 0.29) is 12.2 Å². The van der Waals surface area contributed by atoms with Gasteiger partial charge >= 0.3 is 6.09 Å². The molecule has 2 aliphatic rings. The number of benzene rings is 1. The van der Waals surface area contributed by atoms with E-state index in [2.05, 4.69) is 10.2 Å². The summed E-state index contributed by atoms with van der Waals surface area (Å²) in [5.74, 6) is 0. The first-order valence-electron chi connectivity index (χ1n) is 8.90. The summed E-state index contributed by atoms with van der Waals surface area (Å²) < 4.78 is 5.41. The Morgan fingerprint density at radius 2 is 1.88 bits per heavy atom. The fraction of sp³-hybridized carbons (Fsp3) is 0.500. The second-order valence-electron chi connectivity index (χ2n) is 6.42. The minimum atomic E-state index is -0.327. The minimum absolute atomic E-state index is 0.205. The third-order valence-corrected chi connectivity index (χ3v) is 5.14. The van der Waals surface area contributed by atoms with Gasteiger partial charge in [0.25, 0.3) is 0 Å². The van der Waals surface area contributed by atoms with Crippen LogP contribution < -0.4 is 15.1 Å². The third kappa shape index (κ3) is 4.24. The number of nitrogens with one attached hydrogen (secondary N) is 1. The highest BCUT2D eigenvalue weighted by molar-refractivity contribution is 7.80. The largest absolute Gasteiger partial charge is 0.442 e. The topological polar surface area (TPSA) is 65.1 Å². The zero-order chi connectivity index (χ0) is 18.5. The van der Waals surface area contributed by atoms with E-state index in [1.807, 2.05) is 31.2 Å². The molecule has 0 bridgehead atoms. The lowest BCUT2D eigenvalue weighted by Crippen LogP contribution is -2.45. The quantitative estimate of drug-likeness (QED) is 0.601. The van der Waals surface area contributed by atoms with Gasteiger partial charge in [-0.05, 0) is 30.7 Å². The molecule has 7 nitrogen and oxygen atoms in total. The van der Waals surface area contributed by atoms with Crippen LogP contribution in [0.1, 0.15) is 13.3 Å². The molecule has 26 heavy (non-hydrogen) atoms. The Labute approximate surface area is 158 Å². The standard InChI is InChI=1S/C18H24N4O3S/c1-2-17(26)19-11-16-12-22(18(24)25-16)15-5-3-14(4-6-15)21-9-7-20(13-23)8-10-21/h3-6,13,16H,2,7-12H2,1H3,(H,19,26)/t16-/m0/s1. The van der Waals surface area contributed by atoms with E-state index in [4.69, 9.17) is 17.0 Å². The SMILES string of the molecule is CCC(=S)NC[C@H]1CN(c2ccc(N3CCN(C=O)CC3)cc2)C(=O)O1. The molecule has 1 aromatic rings. The summed E-state index contributed by atoms with van der Waals surface area (Å²) in [4.78, 5) is 29.4. The zero-order valence-electron chi connectivity index (χ0n) is 14.9. The second-order valence-corrected chi connectivity index (χ2v) is 6.91. The van der Waals surface area contributed by atoms with Gasteiger partial charge in [0.05, 0.1) is 18.1 Å². The number of ether oxygens (including phenoxy) is 1. The van der Waals surface area contributed by atoms with Crippen molar-refractivity contribution in [1.29, 1.82) is 0 Å². The van der Waals surface area contributed by atoms with Gasteiger partial charge in [0.15, 0.2) is 0 Å². The van der Waals surface area contributed by atoms with Crippen LogP contribution in [0.15, 0.2) is 24.3 Å². The van der Waals surface area contributed by atoms with E-state index in [0.717, 1.165) is 55.4 Å². The van der Waals surface area contributed by atoms with Crippen LogP contribution in [-0.4, -0.2) is 67.8 Å². The number of hydrogen-bond donors (Lipinski definition) is 1. The molecule has 0 aromatic heterocycles. The molecule has 8 heteroatoms. The van der Waals surface area contributed by atoms with E-state index >= 15 is 0 Å². The summed E-state index contributed by atoms with van der Waals surface area (Å²) in [6, 6.07) is 7.90. The number of carbonyl (C=O) groups is 2. The molecule has 2 heterocycles. The van der Waals surface area contributed by atoms with Crippen molar-refractivity contribution in [3.8, 4) is 0 Å². The summed E-state index contributed by atoms with van der Waals surface area (Å²) in [6.07, 6.45) is 1.15. The van der Waals surface area contributed by atoms with Crippen LogP contribution in [-0.2, 0) is 9.53 Å². The molecule has 0 saturated carbocycles. The molecule has 140 valence electrons. The van der Waals surface area contributed by atoms with Gasteiger partial charge in [0.1, 0.15) is 6.10 Å². The van der Waals surface area contributed by atoms with Gasteiger partial charge in [-0.25, -0.2) is 4.79 Å². The van der Waals surface area contributed by atoms with Gasteiger partial charge in [0, 0.05) is 37.6 Å². The Kier molecular flexibility index (Phi) is 5.92. The number of amides is 2. The van der Waals surface area contributed by atoms with Gasteiger partial charge < -0.3 is 19.9 Å².